The lowest BCUT2D eigenvalue weighted by Gasteiger charge is -2.13. The average molecular weight is 378 g/mol. The number of halogens is 2. The van der Waals surface area contributed by atoms with Gasteiger partial charge in [-0.1, -0.05) is 59.2 Å². The number of rotatable bonds is 4. The summed E-state index contributed by atoms with van der Waals surface area (Å²) in [5.41, 5.74) is 1.34. The molecule has 4 nitrogen and oxygen atoms in total. The van der Waals surface area contributed by atoms with E-state index >= 15 is 0 Å². The molecule has 1 atom stereocenters. The van der Waals surface area contributed by atoms with Crippen molar-refractivity contribution >= 4 is 57.5 Å². The van der Waals surface area contributed by atoms with Crippen LogP contribution in [-0.4, -0.2) is 21.1 Å². The summed E-state index contributed by atoms with van der Waals surface area (Å²) in [6, 6.07) is 12.8. The lowest BCUT2D eigenvalue weighted by atomic mass is 10.2. The lowest BCUT2D eigenvalue weighted by molar-refractivity contribution is -0.115. The van der Waals surface area contributed by atoms with Crippen LogP contribution in [0.5, 0.6) is 0 Å². The number of para-hydroxylation sites is 1. The molecule has 0 spiro atoms. The number of anilines is 1. The molecule has 1 N–H and O–H groups in total. The number of benzene rings is 2. The summed E-state index contributed by atoms with van der Waals surface area (Å²) >= 11 is 13.4. The molecule has 7 heteroatoms. The molecule has 1 unspecified atom stereocenters. The molecule has 24 heavy (non-hydrogen) atoms. The van der Waals surface area contributed by atoms with Gasteiger partial charge in [-0.2, -0.15) is 0 Å². The quantitative estimate of drug-likeness (QED) is 0.510. The Balaban J connectivity index is 1.77. The van der Waals surface area contributed by atoms with Gasteiger partial charge in [-0.3, -0.25) is 4.79 Å². The summed E-state index contributed by atoms with van der Waals surface area (Å²) in [6.45, 7) is 1.81. The first-order valence-corrected chi connectivity index (χ1v) is 8.81. The van der Waals surface area contributed by atoms with Crippen LogP contribution in [0.2, 0.25) is 10.0 Å². The molecule has 0 radical (unpaired) electrons. The number of fused-ring (bicyclic) bond motifs is 1. The average Bonchev–Trinajstić information content (AvgIpc) is 2.59. The molecule has 122 valence electrons. The molecule has 0 saturated carbocycles. The van der Waals surface area contributed by atoms with E-state index in [1.54, 1.807) is 18.2 Å². The standard InChI is InChI=1S/C17H13Cl2N3OS/c1-10(16(23)22-14-8-4-6-12(18)15(14)19)24-17-11-5-2-3-7-13(11)20-9-21-17/h2-10H,1H3,(H,22,23). The summed E-state index contributed by atoms with van der Waals surface area (Å²) in [5, 5.41) is 4.85. The van der Waals surface area contributed by atoms with E-state index in [4.69, 9.17) is 23.2 Å². The molecule has 0 aliphatic heterocycles. The number of thioether (sulfide) groups is 1. The molecular formula is C17H13Cl2N3OS. The minimum absolute atomic E-state index is 0.174. The van der Waals surface area contributed by atoms with Crippen LogP contribution in [0.25, 0.3) is 10.9 Å². The highest BCUT2D eigenvalue weighted by atomic mass is 35.5. The van der Waals surface area contributed by atoms with E-state index in [0.29, 0.717) is 15.7 Å². The van der Waals surface area contributed by atoms with Crippen LogP contribution >= 0.6 is 35.0 Å². The first-order valence-electron chi connectivity index (χ1n) is 7.17. The number of carbonyl (C=O) groups excluding carboxylic acids is 1. The number of carbonyl (C=O) groups is 1. The Hall–Kier alpha value is -1.82. The van der Waals surface area contributed by atoms with Gasteiger partial charge < -0.3 is 5.32 Å². The number of hydrogen-bond donors (Lipinski definition) is 1. The second-order valence-corrected chi connectivity index (χ2v) is 7.16. The summed E-state index contributed by atoms with van der Waals surface area (Å²) in [7, 11) is 0. The third kappa shape index (κ3) is 3.64. The maximum absolute atomic E-state index is 12.4. The predicted molar refractivity (Wildman–Crippen MR) is 99.9 cm³/mol. The molecule has 1 amide bonds. The summed E-state index contributed by atoms with van der Waals surface area (Å²) in [6.07, 6.45) is 1.50. The summed E-state index contributed by atoms with van der Waals surface area (Å²) in [5.74, 6) is -0.174. The Morgan fingerprint density at radius 2 is 1.92 bits per heavy atom. The zero-order valence-corrected chi connectivity index (χ0v) is 15.0. The minimum Gasteiger partial charge on any atom is -0.324 e. The van der Waals surface area contributed by atoms with Crippen LogP contribution < -0.4 is 5.32 Å². The molecule has 1 heterocycles. The van der Waals surface area contributed by atoms with E-state index in [-0.39, 0.29) is 11.2 Å². The van der Waals surface area contributed by atoms with E-state index in [1.807, 2.05) is 31.2 Å². The number of amides is 1. The van der Waals surface area contributed by atoms with Crippen LogP contribution in [0.1, 0.15) is 6.92 Å². The third-order valence-electron chi connectivity index (χ3n) is 3.37. The smallest absolute Gasteiger partial charge is 0.237 e. The van der Waals surface area contributed by atoms with Crippen LogP contribution in [0.3, 0.4) is 0 Å². The van der Waals surface area contributed by atoms with Crippen molar-refractivity contribution in [3.63, 3.8) is 0 Å². The molecule has 1 aromatic heterocycles. The van der Waals surface area contributed by atoms with E-state index < -0.39 is 0 Å². The topological polar surface area (TPSA) is 54.9 Å². The van der Waals surface area contributed by atoms with Crippen molar-refractivity contribution in [2.24, 2.45) is 0 Å². The third-order valence-corrected chi connectivity index (χ3v) is 5.31. The van der Waals surface area contributed by atoms with Gasteiger partial charge in [0, 0.05) is 5.39 Å². The lowest BCUT2D eigenvalue weighted by Crippen LogP contribution is -2.22. The Kier molecular flexibility index (Phi) is 5.23. The number of aromatic nitrogens is 2. The van der Waals surface area contributed by atoms with Crippen molar-refractivity contribution < 1.29 is 4.79 Å². The Bertz CT molecular complexity index is 899. The van der Waals surface area contributed by atoms with Gasteiger partial charge in [-0.25, -0.2) is 9.97 Å². The Morgan fingerprint density at radius 1 is 1.12 bits per heavy atom. The van der Waals surface area contributed by atoms with Crippen molar-refractivity contribution in [1.82, 2.24) is 9.97 Å². The molecule has 0 aliphatic rings. The number of nitrogens with zero attached hydrogens (tertiary/aromatic N) is 2. The highest BCUT2D eigenvalue weighted by molar-refractivity contribution is 8.00. The molecule has 0 aliphatic carbocycles. The van der Waals surface area contributed by atoms with Gasteiger partial charge in [-0.05, 0) is 25.1 Å². The molecule has 2 aromatic carbocycles. The zero-order chi connectivity index (χ0) is 17.1. The van der Waals surface area contributed by atoms with E-state index in [2.05, 4.69) is 15.3 Å². The van der Waals surface area contributed by atoms with Crippen molar-refractivity contribution in [3.8, 4) is 0 Å². The van der Waals surface area contributed by atoms with E-state index in [1.165, 1.54) is 18.1 Å². The SMILES string of the molecule is CC(Sc1ncnc2ccccc12)C(=O)Nc1cccc(Cl)c1Cl. The van der Waals surface area contributed by atoms with Crippen molar-refractivity contribution in [2.45, 2.75) is 17.2 Å². The molecular weight excluding hydrogens is 365 g/mol. The van der Waals surface area contributed by atoms with Crippen molar-refractivity contribution in [2.75, 3.05) is 5.32 Å². The predicted octanol–water partition coefficient (Wildman–Crippen LogP) is 5.06. The fraction of sp³-hybridized carbons (Fsp3) is 0.118. The first-order chi connectivity index (χ1) is 11.6. The van der Waals surface area contributed by atoms with Crippen molar-refractivity contribution in [1.29, 1.82) is 0 Å². The number of hydrogen-bond acceptors (Lipinski definition) is 4. The van der Waals surface area contributed by atoms with Crippen LogP contribution in [0, 0.1) is 0 Å². The Labute approximate surface area is 153 Å². The molecule has 3 rings (SSSR count). The monoisotopic (exact) mass is 377 g/mol. The van der Waals surface area contributed by atoms with Gasteiger partial charge in [-0.15, -0.1) is 0 Å². The second kappa shape index (κ2) is 7.38. The molecule has 0 bridgehead atoms. The highest BCUT2D eigenvalue weighted by Crippen LogP contribution is 2.31. The fourth-order valence-electron chi connectivity index (χ4n) is 2.13. The van der Waals surface area contributed by atoms with Gasteiger partial charge in [0.05, 0.1) is 26.5 Å². The molecule has 0 fully saturated rings. The number of nitrogens with one attached hydrogen (secondary N) is 1. The normalized spacial score (nSPS) is 12.1. The maximum atomic E-state index is 12.4. The highest BCUT2D eigenvalue weighted by Gasteiger charge is 2.18. The van der Waals surface area contributed by atoms with Crippen molar-refractivity contribution in [3.05, 3.63) is 58.8 Å². The Morgan fingerprint density at radius 3 is 2.75 bits per heavy atom. The minimum atomic E-state index is -0.363. The molecule has 3 aromatic rings. The first kappa shape index (κ1) is 17.0. The largest absolute Gasteiger partial charge is 0.324 e. The van der Waals surface area contributed by atoms with Gasteiger partial charge in [0.2, 0.25) is 5.91 Å². The van der Waals surface area contributed by atoms with Crippen LogP contribution in [0.15, 0.2) is 53.8 Å². The van der Waals surface area contributed by atoms with E-state index in [0.717, 1.165) is 15.9 Å². The second-order valence-electron chi connectivity index (χ2n) is 5.05. The molecule has 0 saturated heterocycles. The van der Waals surface area contributed by atoms with Gasteiger partial charge in [0.25, 0.3) is 0 Å². The van der Waals surface area contributed by atoms with E-state index in [9.17, 15) is 4.79 Å². The van der Waals surface area contributed by atoms with Crippen LogP contribution in [-0.2, 0) is 4.79 Å². The summed E-state index contributed by atoms with van der Waals surface area (Å²) in [4.78, 5) is 21.0. The fourth-order valence-corrected chi connectivity index (χ4v) is 3.39. The van der Waals surface area contributed by atoms with Gasteiger partial charge >= 0.3 is 0 Å². The van der Waals surface area contributed by atoms with Crippen LogP contribution in [0.4, 0.5) is 5.69 Å². The summed E-state index contributed by atoms with van der Waals surface area (Å²) < 4.78 is 0. The van der Waals surface area contributed by atoms with Gasteiger partial charge in [0.15, 0.2) is 0 Å². The maximum Gasteiger partial charge on any atom is 0.237 e. The van der Waals surface area contributed by atoms with Gasteiger partial charge in [0.1, 0.15) is 11.4 Å². The zero-order valence-electron chi connectivity index (χ0n) is 12.7.